The van der Waals surface area contributed by atoms with Crippen molar-refractivity contribution in [2.75, 3.05) is 0 Å². The molecule has 0 aliphatic heterocycles. The molecule has 0 radical (unpaired) electrons. The zero-order valence-corrected chi connectivity index (χ0v) is 11.9. The molecular formula is C12H24N4O3. The third kappa shape index (κ3) is 6.08. The van der Waals surface area contributed by atoms with Crippen molar-refractivity contribution < 1.29 is 14.8 Å². The molecule has 0 aromatic carbocycles. The summed E-state index contributed by atoms with van der Waals surface area (Å²) in [4.78, 5) is 23.6. The minimum absolute atomic E-state index is 0.00219. The van der Waals surface area contributed by atoms with E-state index in [1.165, 1.54) is 0 Å². The van der Waals surface area contributed by atoms with Gasteiger partial charge in [-0.25, -0.2) is 0 Å². The van der Waals surface area contributed by atoms with Crippen LogP contribution in [0.2, 0.25) is 0 Å². The summed E-state index contributed by atoms with van der Waals surface area (Å²) in [5, 5.41) is 16.8. The Balaban J connectivity index is 4.59. The molecule has 7 heteroatoms. The SMILES string of the molecule is CCCC(C(=O)NC(C)C(=O)NC(C)C)C(N)=NO. The number of oxime groups is 1. The van der Waals surface area contributed by atoms with Crippen molar-refractivity contribution in [3.05, 3.63) is 0 Å². The number of carbonyl (C=O) groups excluding carboxylic acids is 2. The van der Waals surface area contributed by atoms with Crippen molar-refractivity contribution in [3.8, 4) is 0 Å². The van der Waals surface area contributed by atoms with Crippen LogP contribution in [-0.2, 0) is 9.59 Å². The van der Waals surface area contributed by atoms with E-state index in [1.807, 2.05) is 20.8 Å². The van der Waals surface area contributed by atoms with E-state index >= 15 is 0 Å². The number of nitrogens with zero attached hydrogens (tertiary/aromatic N) is 1. The van der Waals surface area contributed by atoms with Gasteiger partial charge in [0.15, 0.2) is 5.84 Å². The predicted octanol–water partition coefficient (Wildman–Crippen LogP) is 0.178. The molecule has 19 heavy (non-hydrogen) atoms. The topological polar surface area (TPSA) is 117 Å². The first-order valence-corrected chi connectivity index (χ1v) is 6.41. The molecule has 0 saturated heterocycles. The maximum Gasteiger partial charge on any atom is 0.242 e. The highest BCUT2D eigenvalue weighted by Gasteiger charge is 2.25. The van der Waals surface area contributed by atoms with Gasteiger partial charge in [0.2, 0.25) is 11.8 Å². The summed E-state index contributed by atoms with van der Waals surface area (Å²) in [6.07, 6.45) is 1.17. The van der Waals surface area contributed by atoms with Crippen molar-refractivity contribution in [1.29, 1.82) is 0 Å². The summed E-state index contributed by atoms with van der Waals surface area (Å²) >= 11 is 0. The number of amidine groups is 1. The summed E-state index contributed by atoms with van der Waals surface area (Å²) in [6, 6.07) is -0.664. The van der Waals surface area contributed by atoms with Gasteiger partial charge in [-0.3, -0.25) is 9.59 Å². The van der Waals surface area contributed by atoms with Gasteiger partial charge in [0.25, 0.3) is 0 Å². The van der Waals surface area contributed by atoms with Gasteiger partial charge in [-0.15, -0.1) is 0 Å². The van der Waals surface area contributed by atoms with E-state index in [1.54, 1.807) is 6.92 Å². The lowest BCUT2D eigenvalue weighted by atomic mass is 10.0. The van der Waals surface area contributed by atoms with Crippen LogP contribution < -0.4 is 16.4 Å². The minimum Gasteiger partial charge on any atom is -0.409 e. The molecular weight excluding hydrogens is 248 g/mol. The normalized spacial score (nSPS) is 14.9. The highest BCUT2D eigenvalue weighted by Crippen LogP contribution is 2.07. The Morgan fingerprint density at radius 1 is 1.21 bits per heavy atom. The molecule has 0 saturated carbocycles. The Kier molecular flexibility index (Phi) is 7.55. The molecule has 7 nitrogen and oxygen atoms in total. The number of amides is 2. The average molecular weight is 272 g/mol. The summed E-state index contributed by atoms with van der Waals surface area (Å²) in [6.45, 7) is 7.15. The maximum atomic E-state index is 12.0. The van der Waals surface area contributed by atoms with Crippen LogP contribution in [0.4, 0.5) is 0 Å². The monoisotopic (exact) mass is 272 g/mol. The first kappa shape index (κ1) is 17.2. The van der Waals surface area contributed by atoms with Gasteiger partial charge in [0.1, 0.15) is 6.04 Å². The molecule has 0 aromatic heterocycles. The predicted molar refractivity (Wildman–Crippen MR) is 72.7 cm³/mol. The van der Waals surface area contributed by atoms with E-state index < -0.39 is 17.9 Å². The third-order valence-corrected chi connectivity index (χ3v) is 2.55. The zero-order chi connectivity index (χ0) is 15.0. The van der Waals surface area contributed by atoms with Gasteiger partial charge >= 0.3 is 0 Å². The fourth-order valence-corrected chi connectivity index (χ4v) is 1.56. The number of hydrogen-bond donors (Lipinski definition) is 4. The van der Waals surface area contributed by atoms with Crippen molar-refractivity contribution in [2.24, 2.45) is 16.8 Å². The molecule has 0 spiro atoms. The molecule has 2 unspecified atom stereocenters. The lowest BCUT2D eigenvalue weighted by Crippen LogP contribution is -2.50. The van der Waals surface area contributed by atoms with E-state index in [0.717, 1.165) is 0 Å². The van der Waals surface area contributed by atoms with Gasteiger partial charge < -0.3 is 21.6 Å². The Hall–Kier alpha value is -1.79. The van der Waals surface area contributed by atoms with E-state index in [9.17, 15) is 9.59 Å². The van der Waals surface area contributed by atoms with Gasteiger partial charge in [0.05, 0.1) is 5.92 Å². The van der Waals surface area contributed by atoms with E-state index in [0.29, 0.717) is 12.8 Å². The molecule has 0 bridgehead atoms. The van der Waals surface area contributed by atoms with Crippen LogP contribution in [0.25, 0.3) is 0 Å². The largest absolute Gasteiger partial charge is 0.409 e. The van der Waals surface area contributed by atoms with Crippen molar-refractivity contribution in [1.82, 2.24) is 10.6 Å². The second-order valence-electron chi connectivity index (χ2n) is 4.76. The van der Waals surface area contributed by atoms with Crippen molar-refractivity contribution in [2.45, 2.75) is 52.6 Å². The molecule has 0 rings (SSSR count). The Morgan fingerprint density at radius 3 is 2.21 bits per heavy atom. The van der Waals surface area contributed by atoms with Crippen LogP contribution in [0, 0.1) is 5.92 Å². The van der Waals surface area contributed by atoms with Crippen LogP contribution in [0.15, 0.2) is 5.16 Å². The average Bonchev–Trinajstić information content (AvgIpc) is 2.33. The first-order valence-electron chi connectivity index (χ1n) is 6.41. The highest BCUT2D eigenvalue weighted by atomic mass is 16.4. The molecule has 0 fully saturated rings. The Morgan fingerprint density at radius 2 is 1.79 bits per heavy atom. The van der Waals surface area contributed by atoms with Crippen LogP contribution in [0.3, 0.4) is 0 Å². The van der Waals surface area contributed by atoms with E-state index in [2.05, 4.69) is 15.8 Å². The Bertz CT molecular complexity index is 342. The molecule has 0 aliphatic carbocycles. The quantitative estimate of drug-likeness (QED) is 0.229. The lowest BCUT2D eigenvalue weighted by molar-refractivity contribution is -0.130. The van der Waals surface area contributed by atoms with Crippen molar-refractivity contribution in [3.63, 3.8) is 0 Å². The molecule has 5 N–H and O–H groups in total. The molecule has 0 aromatic rings. The van der Waals surface area contributed by atoms with Gasteiger partial charge in [-0.1, -0.05) is 18.5 Å². The first-order chi connectivity index (χ1) is 8.83. The van der Waals surface area contributed by atoms with Crippen LogP contribution in [0.5, 0.6) is 0 Å². The van der Waals surface area contributed by atoms with Crippen LogP contribution in [-0.4, -0.2) is 34.9 Å². The number of rotatable bonds is 7. The van der Waals surface area contributed by atoms with Crippen LogP contribution >= 0.6 is 0 Å². The summed E-state index contributed by atoms with van der Waals surface area (Å²) in [5.74, 6) is -1.54. The summed E-state index contributed by atoms with van der Waals surface area (Å²) in [5.41, 5.74) is 5.48. The molecule has 2 amide bonds. The maximum absolute atomic E-state index is 12.0. The fraction of sp³-hybridized carbons (Fsp3) is 0.750. The molecule has 0 aliphatic rings. The fourth-order valence-electron chi connectivity index (χ4n) is 1.56. The molecule has 2 atom stereocenters. The van der Waals surface area contributed by atoms with Gasteiger partial charge in [-0.05, 0) is 27.2 Å². The van der Waals surface area contributed by atoms with E-state index in [-0.39, 0.29) is 17.8 Å². The Labute approximate surface area is 113 Å². The zero-order valence-electron chi connectivity index (χ0n) is 11.9. The summed E-state index contributed by atoms with van der Waals surface area (Å²) in [7, 11) is 0. The molecule has 110 valence electrons. The second kappa shape index (κ2) is 8.34. The number of nitrogens with one attached hydrogen (secondary N) is 2. The lowest BCUT2D eigenvalue weighted by Gasteiger charge is -2.19. The number of hydrogen-bond acceptors (Lipinski definition) is 4. The number of nitrogens with two attached hydrogens (primary N) is 1. The summed E-state index contributed by atoms with van der Waals surface area (Å²) < 4.78 is 0. The highest BCUT2D eigenvalue weighted by molar-refractivity contribution is 6.03. The standard InChI is InChI=1S/C12H24N4O3/c1-5-6-9(10(13)16-19)12(18)15-8(4)11(17)14-7(2)3/h7-9,19H,5-6H2,1-4H3,(H2,13,16)(H,14,17)(H,15,18). The minimum atomic E-state index is -0.718. The van der Waals surface area contributed by atoms with Crippen LogP contribution in [0.1, 0.15) is 40.5 Å². The van der Waals surface area contributed by atoms with Gasteiger partial charge in [-0.2, -0.15) is 0 Å². The third-order valence-electron chi connectivity index (χ3n) is 2.55. The number of carbonyl (C=O) groups is 2. The smallest absolute Gasteiger partial charge is 0.242 e. The van der Waals surface area contributed by atoms with Gasteiger partial charge in [0, 0.05) is 6.04 Å². The molecule has 0 heterocycles. The van der Waals surface area contributed by atoms with Crippen molar-refractivity contribution >= 4 is 17.6 Å². The second-order valence-corrected chi connectivity index (χ2v) is 4.76. The van der Waals surface area contributed by atoms with E-state index in [4.69, 9.17) is 10.9 Å².